The molecule has 1 fully saturated rings. The second-order valence-corrected chi connectivity index (χ2v) is 7.39. The summed E-state index contributed by atoms with van der Waals surface area (Å²) in [6.45, 7) is 4.96. The van der Waals surface area contributed by atoms with Crippen molar-refractivity contribution < 1.29 is 0 Å². The summed E-state index contributed by atoms with van der Waals surface area (Å²) in [6.07, 6.45) is 7.64. The van der Waals surface area contributed by atoms with Gasteiger partial charge >= 0.3 is 0 Å². The maximum atomic E-state index is 2.48. The third-order valence-electron chi connectivity index (χ3n) is 2.53. The zero-order valence-corrected chi connectivity index (χ0v) is 8.55. The molecular weight excluding hydrogens is 136 g/mol. The normalized spacial score (nSPS) is 21.9. The second kappa shape index (κ2) is 4.17. The van der Waals surface area contributed by atoms with Crippen LogP contribution >= 0.6 is 0 Å². The molecule has 1 aliphatic carbocycles. The lowest BCUT2D eigenvalue weighted by molar-refractivity contribution is 0.383. The van der Waals surface area contributed by atoms with Crippen molar-refractivity contribution >= 4 is 8.80 Å². The van der Waals surface area contributed by atoms with Crippen molar-refractivity contribution in [3.05, 3.63) is 0 Å². The van der Waals surface area contributed by atoms with Crippen LogP contribution in [0, 0.1) is 5.92 Å². The van der Waals surface area contributed by atoms with Crippen molar-refractivity contribution in [3.63, 3.8) is 0 Å². The molecule has 0 amide bonds. The van der Waals surface area contributed by atoms with E-state index in [2.05, 4.69) is 13.1 Å². The van der Waals surface area contributed by atoms with Gasteiger partial charge in [-0.2, -0.15) is 0 Å². The van der Waals surface area contributed by atoms with E-state index in [1.807, 2.05) is 0 Å². The lowest BCUT2D eigenvalue weighted by atomic mass is 9.91. The Balaban J connectivity index is 2.13. The lowest BCUT2D eigenvalue weighted by Gasteiger charge is -2.22. The van der Waals surface area contributed by atoms with Crippen LogP contribution in [0.15, 0.2) is 0 Å². The van der Waals surface area contributed by atoms with Gasteiger partial charge in [0, 0.05) is 8.80 Å². The van der Waals surface area contributed by atoms with Crippen molar-refractivity contribution in [1.29, 1.82) is 0 Å². The molecule has 0 aliphatic heterocycles. The van der Waals surface area contributed by atoms with E-state index in [1.54, 1.807) is 18.9 Å². The van der Waals surface area contributed by atoms with E-state index in [1.165, 1.54) is 19.3 Å². The highest BCUT2D eigenvalue weighted by molar-refractivity contribution is 6.55. The molecule has 1 heteroatoms. The van der Waals surface area contributed by atoms with E-state index in [9.17, 15) is 0 Å². The van der Waals surface area contributed by atoms with Gasteiger partial charge < -0.3 is 0 Å². The highest BCUT2D eigenvalue weighted by atomic mass is 28.3. The first-order chi connectivity index (χ1) is 4.79. The van der Waals surface area contributed by atoms with Crippen LogP contribution in [0.3, 0.4) is 0 Å². The van der Waals surface area contributed by atoms with Gasteiger partial charge in [-0.1, -0.05) is 51.2 Å². The standard InChI is InChI=1S/C9H20Si/c1-10(2)8-9-6-4-3-5-7-9/h9-10H,3-8H2,1-2H3. The van der Waals surface area contributed by atoms with Crippen LogP contribution in [0.2, 0.25) is 19.1 Å². The summed E-state index contributed by atoms with van der Waals surface area (Å²) in [4.78, 5) is 0. The molecule has 0 radical (unpaired) electrons. The average Bonchev–Trinajstić information content (AvgIpc) is 1.88. The molecule has 0 N–H and O–H groups in total. The summed E-state index contributed by atoms with van der Waals surface area (Å²) in [5.41, 5.74) is 0. The molecule has 1 saturated carbocycles. The Morgan fingerprint density at radius 3 is 2.20 bits per heavy atom. The molecule has 0 aromatic carbocycles. The maximum absolute atomic E-state index is 2.48. The van der Waals surface area contributed by atoms with E-state index in [0.717, 1.165) is 5.92 Å². The van der Waals surface area contributed by atoms with E-state index in [-0.39, 0.29) is 8.80 Å². The predicted octanol–water partition coefficient (Wildman–Crippen LogP) is 3.05. The van der Waals surface area contributed by atoms with Crippen molar-refractivity contribution in [2.75, 3.05) is 0 Å². The van der Waals surface area contributed by atoms with Crippen LogP contribution in [-0.2, 0) is 0 Å². The molecule has 0 bridgehead atoms. The summed E-state index contributed by atoms with van der Waals surface area (Å²) >= 11 is 0. The Labute approximate surface area is 66.6 Å². The molecule has 0 heterocycles. The van der Waals surface area contributed by atoms with Gasteiger partial charge in [0.05, 0.1) is 0 Å². The van der Waals surface area contributed by atoms with Crippen LogP contribution in [0.5, 0.6) is 0 Å². The number of hydrogen-bond donors (Lipinski definition) is 0. The molecule has 1 aliphatic rings. The summed E-state index contributed by atoms with van der Waals surface area (Å²) < 4.78 is 0. The minimum absolute atomic E-state index is 0.244. The third kappa shape index (κ3) is 2.87. The van der Waals surface area contributed by atoms with E-state index in [0.29, 0.717) is 0 Å². The van der Waals surface area contributed by atoms with Gasteiger partial charge in [-0.05, 0) is 5.92 Å². The van der Waals surface area contributed by atoms with Crippen LogP contribution in [-0.4, -0.2) is 8.80 Å². The predicted molar refractivity (Wildman–Crippen MR) is 50.3 cm³/mol. The molecule has 0 nitrogen and oxygen atoms in total. The summed E-state index contributed by atoms with van der Waals surface area (Å²) in [5, 5.41) is 0. The topological polar surface area (TPSA) is 0 Å². The molecule has 60 valence electrons. The SMILES string of the molecule is C[SiH](C)CC1CCCCC1. The van der Waals surface area contributed by atoms with E-state index >= 15 is 0 Å². The fraction of sp³-hybridized carbons (Fsp3) is 1.00. The van der Waals surface area contributed by atoms with Crippen LogP contribution in [0.1, 0.15) is 32.1 Å². The molecule has 10 heavy (non-hydrogen) atoms. The van der Waals surface area contributed by atoms with E-state index in [4.69, 9.17) is 0 Å². The highest BCUT2D eigenvalue weighted by Gasteiger charge is 2.14. The Kier molecular flexibility index (Phi) is 3.47. The molecule has 0 saturated heterocycles. The second-order valence-electron chi connectivity index (χ2n) is 4.13. The third-order valence-corrected chi connectivity index (χ3v) is 4.14. The Bertz CT molecular complexity index is 82.7. The molecule has 0 aromatic rings. The molecule has 0 aromatic heterocycles. The van der Waals surface area contributed by atoms with Crippen molar-refractivity contribution in [2.24, 2.45) is 5.92 Å². The number of rotatable bonds is 2. The van der Waals surface area contributed by atoms with Gasteiger partial charge in [0.15, 0.2) is 0 Å². The molecular formula is C9H20Si. The van der Waals surface area contributed by atoms with Gasteiger partial charge in [-0.15, -0.1) is 0 Å². The lowest BCUT2D eigenvalue weighted by Crippen LogP contribution is -2.12. The summed E-state index contributed by atoms with van der Waals surface area (Å²) in [6, 6.07) is 1.61. The monoisotopic (exact) mass is 156 g/mol. The molecule has 0 unspecified atom stereocenters. The van der Waals surface area contributed by atoms with Crippen LogP contribution in [0.4, 0.5) is 0 Å². The summed E-state index contributed by atoms with van der Waals surface area (Å²) in [7, 11) is -0.244. The zero-order chi connectivity index (χ0) is 7.40. The quantitative estimate of drug-likeness (QED) is 0.539. The van der Waals surface area contributed by atoms with Gasteiger partial charge in [0.2, 0.25) is 0 Å². The van der Waals surface area contributed by atoms with E-state index < -0.39 is 0 Å². The first kappa shape index (κ1) is 8.31. The highest BCUT2D eigenvalue weighted by Crippen LogP contribution is 2.27. The largest absolute Gasteiger partial charge is 0.0722 e. The first-order valence-corrected chi connectivity index (χ1v) is 7.91. The Hall–Kier alpha value is 0.217. The first-order valence-electron chi connectivity index (χ1n) is 4.79. The van der Waals surface area contributed by atoms with Gasteiger partial charge in [0.1, 0.15) is 0 Å². The molecule has 1 rings (SSSR count). The fourth-order valence-corrected chi connectivity index (χ4v) is 3.89. The molecule has 0 atom stereocenters. The Morgan fingerprint density at radius 2 is 1.70 bits per heavy atom. The molecule has 0 spiro atoms. The van der Waals surface area contributed by atoms with Crippen LogP contribution in [0.25, 0.3) is 0 Å². The van der Waals surface area contributed by atoms with Crippen molar-refractivity contribution in [1.82, 2.24) is 0 Å². The minimum Gasteiger partial charge on any atom is -0.0722 e. The maximum Gasteiger partial charge on any atom is 0.0308 e. The van der Waals surface area contributed by atoms with Crippen molar-refractivity contribution in [3.8, 4) is 0 Å². The van der Waals surface area contributed by atoms with Crippen molar-refractivity contribution in [2.45, 2.75) is 51.2 Å². The Morgan fingerprint density at radius 1 is 1.10 bits per heavy atom. The number of hydrogen-bond acceptors (Lipinski definition) is 0. The van der Waals surface area contributed by atoms with Gasteiger partial charge in [0.25, 0.3) is 0 Å². The van der Waals surface area contributed by atoms with Gasteiger partial charge in [-0.25, -0.2) is 0 Å². The zero-order valence-electron chi connectivity index (χ0n) is 7.40. The minimum atomic E-state index is -0.244. The average molecular weight is 156 g/mol. The fourth-order valence-electron chi connectivity index (χ4n) is 2.09. The van der Waals surface area contributed by atoms with Gasteiger partial charge in [-0.3, -0.25) is 0 Å². The summed E-state index contributed by atoms with van der Waals surface area (Å²) in [5.74, 6) is 1.14. The smallest absolute Gasteiger partial charge is 0.0308 e. The van der Waals surface area contributed by atoms with Crippen LogP contribution < -0.4 is 0 Å².